The van der Waals surface area contributed by atoms with Crippen molar-refractivity contribution < 1.29 is 13.3 Å². The molecule has 7 nitrogen and oxygen atoms in total. The normalized spacial score (nSPS) is 16.6. The highest BCUT2D eigenvalue weighted by Gasteiger charge is 2.32. The van der Waals surface area contributed by atoms with Crippen molar-refractivity contribution in [2.75, 3.05) is 26.7 Å². The maximum Gasteiger partial charge on any atom is 0.271 e. The van der Waals surface area contributed by atoms with Gasteiger partial charge in [0.25, 0.3) is 5.69 Å². The molecule has 1 aromatic rings. The first-order valence-corrected chi connectivity index (χ1v) is 9.73. The Morgan fingerprint density at radius 2 is 1.96 bits per heavy atom. The molecule has 0 atom stereocenters. The number of sulfonamides is 1. The number of nitro benzene ring substituents is 1. The van der Waals surface area contributed by atoms with E-state index in [-0.39, 0.29) is 34.1 Å². The molecule has 0 aromatic heterocycles. The van der Waals surface area contributed by atoms with Gasteiger partial charge >= 0.3 is 0 Å². The van der Waals surface area contributed by atoms with Crippen molar-refractivity contribution in [3.05, 3.63) is 33.3 Å². The third-order valence-corrected chi connectivity index (χ3v) is 6.79. The Morgan fingerprint density at radius 1 is 1.36 bits per heavy atom. The molecule has 0 radical (unpaired) electrons. The van der Waals surface area contributed by atoms with Gasteiger partial charge in [-0.05, 0) is 45.0 Å². The summed E-state index contributed by atoms with van der Waals surface area (Å²) in [5, 5.41) is 10.6. The number of non-ortho nitro benzene ring substituents is 1. The van der Waals surface area contributed by atoms with Crippen molar-refractivity contribution in [3.8, 4) is 0 Å². The number of nitrogens with zero attached hydrogens (tertiary/aromatic N) is 3. The number of likely N-dealkylation sites (tertiary alicyclic amines) is 1. The summed E-state index contributed by atoms with van der Waals surface area (Å²) in [7, 11) is -2.23. The maximum absolute atomic E-state index is 12.8. The highest BCUT2D eigenvalue weighted by atomic mass is 35.5. The lowest BCUT2D eigenvalue weighted by Gasteiger charge is -2.36. The number of nitro groups is 1. The summed E-state index contributed by atoms with van der Waals surface area (Å²) in [4.78, 5) is 12.4. The smallest absolute Gasteiger partial charge is 0.271 e. The molecule has 1 aliphatic rings. The molecule has 25 heavy (non-hydrogen) atoms. The van der Waals surface area contributed by atoms with Crippen LogP contribution in [0.4, 0.5) is 5.69 Å². The van der Waals surface area contributed by atoms with Crippen molar-refractivity contribution in [2.24, 2.45) is 0 Å². The van der Waals surface area contributed by atoms with E-state index in [0.717, 1.165) is 51.0 Å². The average molecular weight is 412 g/mol. The van der Waals surface area contributed by atoms with E-state index in [0.29, 0.717) is 0 Å². The monoisotopic (exact) mass is 411 g/mol. The zero-order valence-corrected chi connectivity index (χ0v) is 16.6. The fourth-order valence-electron chi connectivity index (χ4n) is 2.99. The first kappa shape index (κ1) is 22.1. The quantitative estimate of drug-likeness (QED) is 0.529. The summed E-state index contributed by atoms with van der Waals surface area (Å²) in [6.45, 7) is 4.88. The SMILES string of the molecule is CCCN1CCC(N(C)S(=O)(=O)c2ccc([N+](=O)[O-])cc2Cl)CC1.Cl. The molecule has 0 spiro atoms. The largest absolute Gasteiger partial charge is 0.303 e. The van der Waals surface area contributed by atoms with Crippen LogP contribution in [0.25, 0.3) is 0 Å². The van der Waals surface area contributed by atoms with E-state index in [1.54, 1.807) is 7.05 Å². The summed E-state index contributed by atoms with van der Waals surface area (Å²) in [6.07, 6.45) is 2.61. The summed E-state index contributed by atoms with van der Waals surface area (Å²) >= 11 is 5.99. The molecule has 0 bridgehead atoms. The first-order chi connectivity index (χ1) is 11.3. The minimum Gasteiger partial charge on any atom is -0.303 e. The van der Waals surface area contributed by atoms with Gasteiger partial charge in [-0.25, -0.2) is 8.42 Å². The second-order valence-electron chi connectivity index (χ2n) is 5.97. The van der Waals surface area contributed by atoms with E-state index in [4.69, 9.17) is 11.6 Å². The number of halogens is 2. The Morgan fingerprint density at radius 3 is 2.44 bits per heavy atom. The first-order valence-electron chi connectivity index (χ1n) is 7.91. The molecule has 1 saturated heterocycles. The molecule has 1 fully saturated rings. The second-order valence-corrected chi connectivity index (χ2v) is 8.34. The predicted octanol–water partition coefficient (Wildman–Crippen LogP) is 3.16. The standard InChI is InChI=1S/C15H22ClN3O4S.ClH/c1-3-8-18-9-6-12(7-10-18)17(2)24(22,23)15-5-4-13(19(20)21)11-14(15)16;/h4-5,11-12H,3,6-10H2,1-2H3;1H. The lowest BCUT2D eigenvalue weighted by atomic mass is 10.1. The molecule has 1 heterocycles. The van der Waals surface area contributed by atoms with Crippen LogP contribution in [0.3, 0.4) is 0 Å². The predicted molar refractivity (Wildman–Crippen MR) is 100 cm³/mol. The molecule has 0 aliphatic carbocycles. The van der Waals surface area contributed by atoms with Crippen LogP contribution in [0, 0.1) is 10.1 Å². The second kappa shape index (κ2) is 9.14. The molecule has 2 rings (SSSR count). The summed E-state index contributed by atoms with van der Waals surface area (Å²) in [6, 6.07) is 3.36. The van der Waals surface area contributed by atoms with E-state index < -0.39 is 14.9 Å². The van der Waals surface area contributed by atoms with Crippen LogP contribution in [0.5, 0.6) is 0 Å². The molecule has 1 aliphatic heterocycles. The number of piperidine rings is 1. The third-order valence-electron chi connectivity index (χ3n) is 4.39. The van der Waals surface area contributed by atoms with Crippen LogP contribution in [0.2, 0.25) is 5.02 Å². The highest BCUT2D eigenvalue weighted by Crippen LogP contribution is 2.30. The maximum atomic E-state index is 12.8. The van der Waals surface area contributed by atoms with Gasteiger partial charge < -0.3 is 4.90 Å². The average Bonchev–Trinajstić information content (AvgIpc) is 2.54. The van der Waals surface area contributed by atoms with Gasteiger partial charge in [0.15, 0.2) is 0 Å². The van der Waals surface area contributed by atoms with Gasteiger partial charge in [-0.15, -0.1) is 12.4 Å². The van der Waals surface area contributed by atoms with E-state index in [9.17, 15) is 18.5 Å². The van der Waals surface area contributed by atoms with Crippen molar-refractivity contribution in [2.45, 2.75) is 37.1 Å². The summed E-state index contributed by atoms with van der Waals surface area (Å²) in [5.41, 5.74) is -0.227. The van der Waals surface area contributed by atoms with Gasteiger partial charge in [0.05, 0.1) is 9.95 Å². The minimum absolute atomic E-state index is 0. The van der Waals surface area contributed by atoms with E-state index in [1.165, 1.54) is 10.4 Å². The molecule has 0 N–H and O–H groups in total. The minimum atomic E-state index is -3.78. The van der Waals surface area contributed by atoms with Crippen molar-refractivity contribution in [1.29, 1.82) is 0 Å². The molecule has 0 saturated carbocycles. The number of hydrogen-bond acceptors (Lipinski definition) is 5. The van der Waals surface area contributed by atoms with Gasteiger partial charge in [-0.1, -0.05) is 18.5 Å². The van der Waals surface area contributed by atoms with Gasteiger partial charge in [-0.3, -0.25) is 10.1 Å². The van der Waals surface area contributed by atoms with Gasteiger partial charge in [0.2, 0.25) is 10.0 Å². The molecule has 1 aromatic carbocycles. The zero-order valence-electron chi connectivity index (χ0n) is 14.2. The van der Waals surface area contributed by atoms with E-state index in [2.05, 4.69) is 11.8 Å². The topological polar surface area (TPSA) is 83.8 Å². The van der Waals surface area contributed by atoms with Gasteiger partial charge in [0, 0.05) is 25.2 Å². The fourth-order valence-corrected chi connectivity index (χ4v) is 4.91. The Bertz CT molecular complexity index is 707. The summed E-state index contributed by atoms with van der Waals surface area (Å²) in [5.74, 6) is 0. The number of benzene rings is 1. The van der Waals surface area contributed by atoms with Crippen LogP contribution in [-0.2, 0) is 10.0 Å². The van der Waals surface area contributed by atoms with Crippen LogP contribution in [-0.4, -0.2) is 55.3 Å². The molecular formula is C15H23Cl2N3O4S. The lowest BCUT2D eigenvalue weighted by molar-refractivity contribution is -0.384. The van der Waals surface area contributed by atoms with Crippen molar-refractivity contribution in [3.63, 3.8) is 0 Å². The van der Waals surface area contributed by atoms with Crippen LogP contribution in [0.15, 0.2) is 23.1 Å². The Labute approximate surface area is 159 Å². The van der Waals surface area contributed by atoms with E-state index >= 15 is 0 Å². The summed E-state index contributed by atoms with van der Waals surface area (Å²) < 4.78 is 26.9. The molecule has 142 valence electrons. The highest BCUT2D eigenvalue weighted by molar-refractivity contribution is 7.89. The Kier molecular flexibility index (Phi) is 8.08. The van der Waals surface area contributed by atoms with Crippen molar-refractivity contribution in [1.82, 2.24) is 9.21 Å². The van der Waals surface area contributed by atoms with E-state index in [1.807, 2.05) is 0 Å². The van der Waals surface area contributed by atoms with Crippen LogP contribution < -0.4 is 0 Å². The molecule has 0 amide bonds. The Hall–Kier alpha value is -0.930. The number of rotatable bonds is 6. The fraction of sp³-hybridized carbons (Fsp3) is 0.600. The molecule has 10 heteroatoms. The van der Waals surface area contributed by atoms with Crippen LogP contribution >= 0.6 is 24.0 Å². The van der Waals surface area contributed by atoms with Gasteiger partial charge in [-0.2, -0.15) is 4.31 Å². The van der Waals surface area contributed by atoms with Crippen LogP contribution in [0.1, 0.15) is 26.2 Å². The molecular weight excluding hydrogens is 389 g/mol. The number of hydrogen-bond donors (Lipinski definition) is 0. The third kappa shape index (κ3) is 5.04. The Balaban J connectivity index is 0.00000312. The van der Waals surface area contributed by atoms with Crippen molar-refractivity contribution >= 4 is 39.7 Å². The van der Waals surface area contributed by atoms with Gasteiger partial charge in [0.1, 0.15) is 4.90 Å². The molecule has 0 unspecified atom stereocenters. The lowest BCUT2D eigenvalue weighted by Crippen LogP contribution is -2.45. The zero-order chi connectivity index (χ0) is 17.9.